The van der Waals surface area contributed by atoms with Crippen molar-refractivity contribution in [3.8, 4) is 5.75 Å². The molecule has 2 aromatic rings. The maximum atomic E-state index is 12.3. The monoisotopic (exact) mass is 340 g/mol. The smallest absolute Gasteiger partial charge is 0.339 e. The fourth-order valence-corrected chi connectivity index (χ4v) is 2.93. The first-order valence-corrected chi connectivity index (χ1v) is 8.01. The molecule has 2 aromatic carbocycles. The van der Waals surface area contributed by atoms with Gasteiger partial charge in [0.15, 0.2) is 5.75 Å². The van der Waals surface area contributed by atoms with Gasteiger partial charge in [-0.05, 0) is 42.8 Å². The van der Waals surface area contributed by atoms with Gasteiger partial charge in [0.25, 0.3) is 0 Å². The Bertz CT molecular complexity index is 814. The van der Waals surface area contributed by atoms with E-state index in [1.807, 2.05) is 0 Å². The van der Waals surface area contributed by atoms with E-state index in [1.165, 1.54) is 37.4 Å². The normalized spacial score (nSPS) is 11.0. The zero-order chi connectivity index (χ0) is 16.3. The van der Waals surface area contributed by atoms with Crippen LogP contribution in [0.15, 0.2) is 47.4 Å². The minimum absolute atomic E-state index is 0.0325. The Morgan fingerprint density at radius 1 is 1.14 bits per heavy atom. The number of carbonyl (C=O) groups is 1. The van der Waals surface area contributed by atoms with Crippen LogP contribution in [-0.2, 0) is 14.9 Å². The molecule has 0 aromatic heterocycles. The number of hydrogen-bond donors (Lipinski definition) is 0. The Hall–Kier alpha value is -2.05. The number of hydrogen-bond acceptors (Lipinski definition) is 5. The molecular formula is C15H13ClO5S. The van der Waals surface area contributed by atoms with Crippen molar-refractivity contribution in [3.05, 3.63) is 58.6 Å². The molecule has 116 valence electrons. The van der Waals surface area contributed by atoms with E-state index in [4.69, 9.17) is 15.8 Å². The highest BCUT2D eigenvalue weighted by Crippen LogP contribution is 2.28. The third-order valence-corrected chi connectivity index (χ3v) is 4.37. The summed E-state index contributed by atoms with van der Waals surface area (Å²) in [7, 11) is -2.89. The van der Waals surface area contributed by atoms with E-state index in [0.29, 0.717) is 0 Å². The highest BCUT2D eigenvalue weighted by atomic mass is 35.5. The van der Waals surface area contributed by atoms with Crippen LogP contribution >= 0.6 is 11.6 Å². The molecule has 22 heavy (non-hydrogen) atoms. The van der Waals surface area contributed by atoms with Crippen LogP contribution in [0.1, 0.15) is 15.9 Å². The van der Waals surface area contributed by atoms with Crippen molar-refractivity contribution < 1.29 is 22.1 Å². The Morgan fingerprint density at radius 2 is 1.86 bits per heavy atom. The summed E-state index contributed by atoms with van der Waals surface area (Å²) in [6, 6.07) is 10.2. The summed E-state index contributed by atoms with van der Waals surface area (Å²) >= 11 is 5.93. The number of ether oxygens (including phenoxy) is 1. The second kappa shape index (κ2) is 6.37. The molecule has 5 nitrogen and oxygen atoms in total. The Morgan fingerprint density at radius 3 is 2.55 bits per heavy atom. The van der Waals surface area contributed by atoms with Gasteiger partial charge in [-0.1, -0.05) is 23.7 Å². The van der Waals surface area contributed by atoms with Crippen molar-refractivity contribution in [2.75, 3.05) is 7.11 Å². The van der Waals surface area contributed by atoms with Gasteiger partial charge in [0.05, 0.1) is 17.7 Å². The van der Waals surface area contributed by atoms with Crippen molar-refractivity contribution in [1.29, 1.82) is 0 Å². The maximum Gasteiger partial charge on any atom is 0.339 e. The van der Waals surface area contributed by atoms with Gasteiger partial charge >= 0.3 is 16.1 Å². The molecule has 0 aliphatic rings. The summed E-state index contributed by atoms with van der Waals surface area (Å²) in [5.74, 6) is -0.601. The third kappa shape index (κ3) is 3.58. The number of halogens is 1. The average Bonchev–Trinajstić information content (AvgIpc) is 2.50. The minimum atomic E-state index is -4.11. The lowest BCUT2D eigenvalue weighted by molar-refractivity contribution is 0.0600. The molecule has 0 saturated carbocycles. The van der Waals surface area contributed by atoms with E-state index in [-0.39, 0.29) is 21.2 Å². The topological polar surface area (TPSA) is 69.7 Å². The lowest BCUT2D eigenvalue weighted by Gasteiger charge is -2.10. The van der Waals surface area contributed by atoms with E-state index in [1.54, 1.807) is 19.1 Å². The summed E-state index contributed by atoms with van der Waals surface area (Å²) < 4.78 is 34.2. The van der Waals surface area contributed by atoms with Crippen molar-refractivity contribution in [2.24, 2.45) is 0 Å². The van der Waals surface area contributed by atoms with Crippen molar-refractivity contribution >= 4 is 27.7 Å². The van der Waals surface area contributed by atoms with Gasteiger partial charge in [-0.15, -0.1) is 0 Å². The predicted molar refractivity (Wildman–Crippen MR) is 81.8 cm³/mol. The largest absolute Gasteiger partial charge is 0.465 e. The van der Waals surface area contributed by atoms with E-state index < -0.39 is 16.1 Å². The minimum Gasteiger partial charge on any atom is -0.465 e. The molecule has 0 aliphatic carbocycles. The summed E-state index contributed by atoms with van der Waals surface area (Å²) in [5, 5.41) is 0.179. The van der Waals surface area contributed by atoms with Gasteiger partial charge in [-0.2, -0.15) is 8.42 Å². The van der Waals surface area contributed by atoms with Gasteiger partial charge in [0.2, 0.25) is 0 Å². The summed E-state index contributed by atoms with van der Waals surface area (Å²) in [5.41, 5.74) is 0.917. The first-order chi connectivity index (χ1) is 10.3. The Labute approximate surface area is 133 Å². The zero-order valence-corrected chi connectivity index (χ0v) is 13.4. The van der Waals surface area contributed by atoms with Crippen LogP contribution in [-0.4, -0.2) is 21.5 Å². The molecule has 0 saturated heterocycles. The van der Waals surface area contributed by atoms with Crippen LogP contribution in [0.5, 0.6) is 5.75 Å². The van der Waals surface area contributed by atoms with Crippen molar-refractivity contribution in [3.63, 3.8) is 0 Å². The number of carbonyl (C=O) groups excluding carboxylic acids is 1. The molecule has 0 atom stereocenters. The molecule has 0 bridgehead atoms. The first kappa shape index (κ1) is 16.3. The van der Waals surface area contributed by atoms with Crippen molar-refractivity contribution in [2.45, 2.75) is 11.8 Å². The molecule has 0 aliphatic heterocycles. The second-order valence-corrected chi connectivity index (χ2v) is 6.44. The van der Waals surface area contributed by atoms with E-state index >= 15 is 0 Å². The molecule has 0 fully saturated rings. The van der Waals surface area contributed by atoms with Crippen LogP contribution in [0, 0.1) is 6.92 Å². The van der Waals surface area contributed by atoms with E-state index in [9.17, 15) is 13.2 Å². The number of methoxy groups -OCH3 is 1. The fourth-order valence-electron chi connectivity index (χ4n) is 1.74. The molecule has 0 radical (unpaired) electrons. The maximum absolute atomic E-state index is 12.3. The van der Waals surface area contributed by atoms with Gasteiger partial charge in [-0.25, -0.2) is 4.79 Å². The predicted octanol–water partition coefficient (Wildman–Crippen LogP) is 3.20. The molecule has 0 amide bonds. The van der Waals surface area contributed by atoms with Gasteiger partial charge < -0.3 is 8.92 Å². The number of benzene rings is 2. The summed E-state index contributed by atoms with van der Waals surface area (Å²) in [4.78, 5) is 11.3. The summed E-state index contributed by atoms with van der Waals surface area (Å²) in [6.07, 6.45) is 0. The van der Waals surface area contributed by atoms with Crippen LogP contribution in [0.4, 0.5) is 0 Å². The first-order valence-electron chi connectivity index (χ1n) is 6.22. The van der Waals surface area contributed by atoms with Crippen LogP contribution in [0.2, 0.25) is 5.02 Å². The summed E-state index contributed by atoms with van der Waals surface area (Å²) in [6.45, 7) is 1.79. The highest BCUT2D eigenvalue weighted by Gasteiger charge is 2.20. The molecular weight excluding hydrogens is 328 g/mol. The third-order valence-electron chi connectivity index (χ3n) is 2.83. The van der Waals surface area contributed by atoms with Crippen LogP contribution < -0.4 is 4.18 Å². The quantitative estimate of drug-likeness (QED) is 0.631. The molecule has 0 spiro atoms. The fraction of sp³-hybridized carbons (Fsp3) is 0.133. The Kier molecular flexibility index (Phi) is 4.73. The van der Waals surface area contributed by atoms with E-state index in [0.717, 1.165) is 5.56 Å². The number of aryl methyl sites for hydroxylation is 1. The number of esters is 1. The standard InChI is InChI=1S/C15H13ClO5S/c1-10-6-7-13(16)14(8-10)21-22(18,19)12-5-3-4-11(9-12)15(17)20-2/h3-9H,1-2H3. The Balaban J connectivity index is 2.38. The highest BCUT2D eigenvalue weighted by molar-refractivity contribution is 7.87. The van der Waals surface area contributed by atoms with Gasteiger partial charge in [0.1, 0.15) is 4.90 Å². The lowest BCUT2D eigenvalue weighted by Crippen LogP contribution is -2.11. The van der Waals surface area contributed by atoms with Crippen molar-refractivity contribution in [1.82, 2.24) is 0 Å². The van der Waals surface area contributed by atoms with Crippen LogP contribution in [0.25, 0.3) is 0 Å². The van der Waals surface area contributed by atoms with Gasteiger partial charge in [0, 0.05) is 0 Å². The molecule has 0 N–H and O–H groups in total. The second-order valence-electron chi connectivity index (χ2n) is 4.49. The SMILES string of the molecule is COC(=O)c1cccc(S(=O)(=O)Oc2cc(C)ccc2Cl)c1. The molecule has 0 heterocycles. The average molecular weight is 341 g/mol. The van der Waals surface area contributed by atoms with Crippen LogP contribution in [0.3, 0.4) is 0 Å². The van der Waals surface area contributed by atoms with Gasteiger partial charge in [-0.3, -0.25) is 0 Å². The molecule has 2 rings (SSSR count). The number of rotatable bonds is 4. The zero-order valence-electron chi connectivity index (χ0n) is 11.9. The molecule has 0 unspecified atom stereocenters. The molecule has 7 heteroatoms. The lowest BCUT2D eigenvalue weighted by atomic mass is 10.2. The van der Waals surface area contributed by atoms with E-state index in [2.05, 4.69) is 4.74 Å².